The van der Waals surface area contributed by atoms with Crippen molar-refractivity contribution in [2.75, 3.05) is 12.4 Å². The SMILES string of the molecule is COc1ccccc1NC(=O)c1nc(-c2ccc(C)cc2)n(-c2ccc(C)c(Cl)c2)n1. The Labute approximate surface area is 185 Å². The Kier molecular flexibility index (Phi) is 5.73. The lowest BCUT2D eigenvalue weighted by Gasteiger charge is -2.08. The summed E-state index contributed by atoms with van der Waals surface area (Å²) < 4.78 is 6.94. The Bertz CT molecular complexity index is 1250. The zero-order chi connectivity index (χ0) is 22.0. The molecule has 1 aromatic heterocycles. The topological polar surface area (TPSA) is 69.0 Å². The van der Waals surface area contributed by atoms with Gasteiger partial charge < -0.3 is 10.1 Å². The average molecular weight is 433 g/mol. The third-order valence-electron chi connectivity index (χ3n) is 4.88. The van der Waals surface area contributed by atoms with Gasteiger partial charge in [-0.25, -0.2) is 9.67 Å². The summed E-state index contributed by atoms with van der Waals surface area (Å²) in [5.41, 5.74) is 4.18. The smallest absolute Gasteiger partial charge is 0.295 e. The molecule has 0 aliphatic carbocycles. The highest BCUT2D eigenvalue weighted by Gasteiger charge is 2.20. The maximum absolute atomic E-state index is 13.0. The van der Waals surface area contributed by atoms with Crippen molar-refractivity contribution in [1.82, 2.24) is 14.8 Å². The maximum atomic E-state index is 13.0. The van der Waals surface area contributed by atoms with Crippen molar-refractivity contribution in [2.45, 2.75) is 13.8 Å². The molecule has 4 aromatic rings. The first kappa shape index (κ1) is 20.6. The summed E-state index contributed by atoms with van der Waals surface area (Å²) in [6.45, 7) is 3.95. The van der Waals surface area contributed by atoms with E-state index in [4.69, 9.17) is 16.3 Å². The summed E-state index contributed by atoms with van der Waals surface area (Å²) in [7, 11) is 1.55. The second-order valence-electron chi connectivity index (χ2n) is 7.12. The number of benzene rings is 3. The van der Waals surface area contributed by atoms with Crippen LogP contribution in [0.1, 0.15) is 21.7 Å². The molecule has 6 nitrogen and oxygen atoms in total. The molecule has 0 saturated heterocycles. The fourth-order valence-corrected chi connectivity index (χ4v) is 3.29. The lowest BCUT2D eigenvalue weighted by Crippen LogP contribution is -2.15. The van der Waals surface area contributed by atoms with Crippen LogP contribution in [0.15, 0.2) is 66.7 Å². The van der Waals surface area contributed by atoms with Crippen LogP contribution in [-0.4, -0.2) is 27.8 Å². The number of aryl methyl sites for hydroxylation is 2. The molecule has 3 aromatic carbocycles. The predicted octanol–water partition coefficient (Wildman–Crippen LogP) is 5.47. The van der Waals surface area contributed by atoms with Crippen LogP contribution in [0, 0.1) is 13.8 Å². The van der Waals surface area contributed by atoms with Gasteiger partial charge in [-0.3, -0.25) is 4.79 Å². The van der Waals surface area contributed by atoms with Gasteiger partial charge in [-0.1, -0.05) is 59.6 Å². The quantitative estimate of drug-likeness (QED) is 0.454. The van der Waals surface area contributed by atoms with Gasteiger partial charge >= 0.3 is 0 Å². The normalized spacial score (nSPS) is 10.7. The van der Waals surface area contributed by atoms with Gasteiger partial charge in [-0.2, -0.15) is 0 Å². The number of hydrogen-bond acceptors (Lipinski definition) is 4. The number of nitrogens with one attached hydrogen (secondary N) is 1. The molecule has 0 saturated carbocycles. The molecule has 0 bridgehead atoms. The standard InChI is InChI=1S/C24H21ClN4O2/c1-15-8-11-17(12-9-15)23-27-22(24(30)26-20-6-4-5-7-21(20)31-3)28-29(23)18-13-10-16(2)19(25)14-18/h4-14H,1-3H3,(H,26,30). The van der Waals surface area contributed by atoms with E-state index in [9.17, 15) is 4.79 Å². The number of nitrogens with zero attached hydrogens (tertiary/aromatic N) is 3. The highest BCUT2D eigenvalue weighted by Crippen LogP contribution is 2.26. The second kappa shape index (κ2) is 8.62. The zero-order valence-corrected chi connectivity index (χ0v) is 18.1. The van der Waals surface area contributed by atoms with Gasteiger partial charge in [0.15, 0.2) is 5.82 Å². The lowest BCUT2D eigenvalue weighted by molar-refractivity contribution is 0.101. The van der Waals surface area contributed by atoms with Crippen LogP contribution in [0.25, 0.3) is 17.1 Å². The molecule has 1 N–H and O–H groups in total. The van der Waals surface area contributed by atoms with Gasteiger partial charge in [-0.05, 0) is 43.7 Å². The summed E-state index contributed by atoms with van der Waals surface area (Å²) in [6.07, 6.45) is 0. The highest BCUT2D eigenvalue weighted by atomic mass is 35.5. The number of methoxy groups -OCH3 is 1. The third kappa shape index (κ3) is 4.29. The van der Waals surface area contributed by atoms with E-state index in [1.807, 2.05) is 68.4 Å². The molecule has 0 fully saturated rings. The van der Waals surface area contributed by atoms with E-state index in [1.54, 1.807) is 23.9 Å². The summed E-state index contributed by atoms with van der Waals surface area (Å²) in [5.74, 6) is 0.706. The number of rotatable bonds is 5. The van der Waals surface area contributed by atoms with Crippen molar-refractivity contribution in [1.29, 1.82) is 0 Å². The van der Waals surface area contributed by atoms with Crippen LogP contribution in [0.3, 0.4) is 0 Å². The van der Waals surface area contributed by atoms with Gasteiger partial charge in [0.25, 0.3) is 5.91 Å². The van der Waals surface area contributed by atoms with Gasteiger partial charge in [0, 0.05) is 10.6 Å². The number of carbonyl (C=O) groups excluding carboxylic acids is 1. The molecule has 0 unspecified atom stereocenters. The summed E-state index contributed by atoms with van der Waals surface area (Å²) in [4.78, 5) is 17.5. The first-order chi connectivity index (χ1) is 15.0. The Morgan fingerprint density at radius 1 is 1.03 bits per heavy atom. The van der Waals surface area contributed by atoms with Crippen LogP contribution >= 0.6 is 11.6 Å². The van der Waals surface area contributed by atoms with Gasteiger partial charge in [0.2, 0.25) is 5.82 Å². The molecule has 0 aliphatic rings. The molecule has 7 heteroatoms. The van der Waals surface area contributed by atoms with Crippen molar-refractivity contribution in [3.8, 4) is 22.8 Å². The zero-order valence-electron chi connectivity index (χ0n) is 17.4. The summed E-state index contributed by atoms with van der Waals surface area (Å²) in [5, 5.41) is 7.93. The Morgan fingerprint density at radius 3 is 2.48 bits per heavy atom. The minimum absolute atomic E-state index is 0.0400. The van der Waals surface area contributed by atoms with Crippen molar-refractivity contribution in [3.63, 3.8) is 0 Å². The molecule has 4 rings (SSSR count). The molecule has 0 aliphatic heterocycles. The van der Waals surface area contributed by atoms with Crippen LogP contribution in [0.5, 0.6) is 5.75 Å². The first-order valence-electron chi connectivity index (χ1n) is 9.71. The largest absolute Gasteiger partial charge is 0.495 e. The summed E-state index contributed by atoms with van der Waals surface area (Å²) >= 11 is 6.34. The van der Waals surface area contributed by atoms with Gasteiger partial charge in [0.05, 0.1) is 18.5 Å². The molecule has 0 spiro atoms. The summed E-state index contributed by atoms with van der Waals surface area (Å²) in [6, 6.07) is 20.7. The average Bonchev–Trinajstić information content (AvgIpc) is 3.22. The first-order valence-corrected chi connectivity index (χ1v) is 10.1. The van der Waals surface area contributed by atoms with Crippen molar-refractivity contribution in [3.05, 3.63) is 88.7 Å². The van der Waals surface area contributed by atoms with Crippen LogP contribution in [0.4, 0.5) is 5.69 Å². The fraction of sp³-hybridized carbons (Fsp3) is 0.125. The molecule has 1 heterocycles. The Morgan fingerprint density at radius 2 is 1.77 bits per heavy atom. The third-order valence-corrected chi connectivity index (χ3v) is 5.28. The predicted molar refractivity (Wildman–Crippen MR) is 122 cm³/mol. The monoisotopic (exact) mass is 432 g/mol. The number of amides is 1. The number of ether oxygens (including phenoxy) is 1. The van der Waals surface area contributed by atoms with E-state index < -0.39 is 5.91 Å². The van der Waals surface area contributed by atoms with Crippen molar-refractivity contribution >= 4 is 23.2 Å². The maximum Gasteiger partial charge on any atom is 0.295 e. The Balaban J connectivity index is 1.78. The fourth-order valence-electron chi connectivity index (χ4n) is 3.12. The van der Waals surface area contributed by atoms with Crippen LogP contribution in [0.2, 0.25) is 5.02 Å². The van der Waals surface area contributed by atoms with E-state index in [1.165, 1.54) is 0 Å². The number of halogens is 1. The Hall–Kier alpha value is -3.64. The van der Waals surface area contributed by atoms with Gasteiger partial charge in [0.1, 0.15) is 5.75 Å². The van der Waals surface area contributed by atoms with Crippen molar-refractivity contribution in [2.24, 2.45) is 0 Å². The number of hydrogen-bond donors (Lipinski definition) is 1. The number of carbonyl (C=O) groups is 1. The van der Waals surface area contributed by atoms with E-state index >= 15 is 0 Å². The molecule has 31 heavy (non-hydrogen) atoms. The molecule has 1 amide bonds. The number of aromatic nitrogens is 3. The van der Waals surface area contributed by atoms with Crippen LogP contribution in [-0.2, 0) is 0 Å². The lowest BCUT2D eigenvalue weighted by atomic mass is 10.1. The molecule has 0 atom stereocenters. The van der Waals surface area contributed by atoms with E-state index in [2.05, 4.69) is 15.4 Å². The number of anilines is 1. The van der Waals surface area contributed by atoms with E-state index in [0.717, 1.165) is 22.4 Å². The minimum atomic E-state index is -0.435. The molecule has 0 radical (unpaired) electrons. The highest BCUT2D eigenvalue weighted by molar-refractivity contribution is 6.31. The van der Waals surface area contributed by atoms with Crippen molar-refractivity contribution < 1.29 is 9.53 Å². The van der Waals surface area contributed by atoms with Gasteiger partial charge in [-0.15, -0.1) is 5.10 Å². The second-order valence-corrected chi connectivity index (χ2v) is 7.53. The molecular formula is C24H21ClN4O2. The van der Waals surface area contributed by atoms with E-state index in [0.29, 0.717) is 22.3 Å². The number of para-hydroxylation sites is 2. The molecule has 156 valence electrons. The van der Waals surface area contributed by atoms with Crippen LogP contribution < -0.4 is 10.1 Å². The molecular weight excluding hydrogens is 412 g/mol. The minimum Gasteiger partial charge on any atom is -0.495 e. The van der Waals surface area contributed by atoms with E-state index in [-0.39, 0.29) is 5.82 Å².